The fourth-order valence-corrected chi connectivity index (χ4v) is 1.13. The van der Waals surface area contributed by atoms with Gasteiger partial charge in [-0.1, -0.05) is 12.1 Å². The maximum atomic E-state index is 12.5. The molecular weight excluding hydrogens is 204 g/mol. The van der Waals surface area contributed by atoms with Gasteiger partial charge in [0.15, 0.2) is 0 Å². The van der Waals surface area contributed by atoms with Crippen molar-refractivity contribution in [1.82, 2.24) is 0 Å². The first-order valence-corrected chi connectivity index (χ1v) is 4.18. The number of rotatable bonds is 4. The Morgan fingerprint density at radius 3 is 2.33 bits per heavy atom. The number of hydrogen-bond donors (Lipinski definition) is 0. The van der Waals surface area contributed by atoms with Gasteiger partial charge in [-0.15, -0.1) is 0 Å². The molecule has 0 bridgehead atoms. The van der Waals surface area contributed by atoms with Crippen LogP contribution in [0.1, 0.15) is 11.6 Å². The zero-order valence-corrected chi connectivity index (χ0v) is 7.98. The van der Waals surface area contributed by atoms with Crippen molar-refractivity contribution in [2.24, 2.45) is 4.99 Å². The molecule has 0 saturated heterocycles. The van der Waals surface area contributed by atoms with Crippen molar-refractivity contribution >= 4 is 6.08 Å². The summed E-state index contributed by atoms with van der Waals surface area (Å²) in [5.74, 6) is 0.557. The zero-order valence-electron chi connectivity index (χ0n) is 7.98. The smallest absolute Gasteiger partial charge is 0.265 e. The van der Waals surface area contributed by atoms with Crippen molar-refractivity contribution in [3.05, 3.63) is 29.8 Å². The third-order valence-corrected chi connectivity index (χ3v) is 1.89. The third kappa shape index (κ3) is 2.86. The molecule has 1 aromatic rings. The Labute approximate surface area is 85.4 Å². The van der Waals surface area contributed by atoms with Crippen LogP contribution in [0.2, 0.25) is 0 Å². The van der Waals surface area contributed by atoms with Gasteiger partial charge in [-0.2, -0.15) is 4.99 Å². The number of halogens is 2. The van der Waals surface area contributed by atoms with Gasteiger partial charge in [0, 0.05) is 0 Å². The molecule has 1 aromatic carbocycles. The fraction of sp³-hybridized carbons (Fsp3) is 0.300. The Morgan fingerprint density at radius 1 is 1.33 bits per heavy atom. The number of ether oxygens (including phenoxy) is 1. The largest absolute Gasteiger partial charge is 0.497 e. The quantitative estimate of drug-likeness (QED) is 0.568. The molecule has 0 aliphatic heterocycles. The molecule has 1 unspecified atom stereocenters. The highest BCUT2D eigenvalue weighted by molar-refractivity contribution is 5.37. The average molecular weight is 213 g/mol. The van der Waals surface area contributed by atoms with Crippen molar-refractivity contribution in [3.63, 3.8) is 0 Å². The normalized spacial score (nSPS) is 12.0. The van der Waals surface area contributed by atoms with Crippen LogP contribution in [-0.4, -0.2) is 19.6 Å². The van der Waals surface area contributed by atoms with E-state index in [2.05, 4.69) is 4.99 Å². The fourth-order valence-electron chi connectivity index (χ4n) is 1.13. The molecule has 0 radical (unpaired) electrons. The summed E-state index contributed by atoms with van der Waals surface area (Å²) in [6, 6.07) is 4.50. The molecule has 5 heteroatoms. The molecular formula is C10H9F2NO2. The Balaban J connectivity index is 2.96. The Hall–Kier alpha value is -1.74. The Kier molecular flexibility index (Phi) is 3.94. The Bertz CT molecular complexity index is 358. The summed E-state index contributed by atoms with van der Waals surface area (Å²) in [7, 11) is 1.48. The molecule has 0 saturated carbocycles. The first-order chi connectivity index (χ1) is 7.19. The lowest BCUT2D eigenvalue weighted by atomic mass is 10.1. The van der Waals surface area contributed by atoms with E-state index in [1.54, 1.807) is 0 Å². The highest BCUT2D eigenvalue weighted by atomic mass is 19.3. The molecule has 0 aliphatic rings. The number of aliphatic imine (C=N–C) groups is 1. The van der Waals surface area contributed by atoms with Gasteiger partial charge < -0.3 is 4.74 Å². The second-order valence-electron chi connectivity index (χ2n) is 2.77. The summed E-state index contributed by atoms with van der Waals surface area (Å²) in [6.45, 7) is 0. The number of hydrogen-bond acceptors (Lipinski definition) is 3. The zero-order chi connectivity index (χ0) is 11.3. The third-order valence-electron chi connectivity index (χ3n) is 1.89. The number of isocyanates is 1. The average Bonchev–Trinajstić information content (AvgIpc) is 2.26. The monoisotopic (exact) mass is 213 g/mol. The van der Waals surface area contributed by atoms with Crippen molar-refractivity contribution in [2.45, 2.75) is 12.5 Å². The second kappa shape index (κ2) is 5.22. The molecule has 0 heterocycles. The number of benzene rings is 1. The van der Waals surface area contributed by atoms with Crippen molar-refractivity contribution < 1.29 is 18.3 Å². The molecule has 1 rings (SSSR count). The van der Waals surface area contributed by atoms with Gasteiger partial charge in [0.2, 0.25) is 6.08 Å². The number of nitrogens with zero attached hydrogens (tertiary/aromatic N) is 1. The first kappa shape index (κ1) is 11.3. The van der Waals surface area contributed by atoms with E-state index < -0.39 is 12.5 Å². The van der Waals surface area contributed by atoms with Gasteiger partial charge in [0.05, 0.1) is 7.11 Å². The standard InChI is InChI=1S/C10H9F2NO2/c1-15-8-4-2-7(3-5-8)9(10(11)12)13-6-14/h2-5,9-10H,1H3. The van der Waals surface area contributed by atoms with Crippen molar-refractivity contribution in [3.8, 4) is 5.75 Å². The van der Waals surface area contributed by atoms with Crippen LogP contribution in [0.25, 0.3) is 0 Å². The van der Waals surface area contributed by atoms with E-state index in [9.17, 15) is 13.6 Å². The lowest BCUT2D eigenvalue weighted by Crippen LogP contribution is -2.06. The molecule has 0 aromatic heterocycles. The van der Waals surface area contributed by atoms with Crippen LogP contribution in [0.4, 0.5) is 8.78 Å². The van der Waals surface area contributed by atoms with E-state index in [1.807, 2.05) is 0 Å². The summed E-state index contributed by atoms with van der Waals surface area (Å²) >= 11 is 0. The predicted molar refractivity (Wildman–Crippen MR) is 49.9 cm³/mol. The van der Waals surface area contributed by atoms with Gasteiger partial charge in [0.25, 0.3) is 6.43 Å². The highest BCUT2D eigenvalue weighted by Gasteiger charge is 2.21. The maximum absolute atomic E-state index is 12.5. The van der Waals surface area contributed by atoms with E-state index in [0.29, 0.717) is 5.75 Å². The van der Waals surface area contributed by atoms with E-state index in [1.165, 1.54) is 31.4 Å². The molecule has 0 spiro atoms. The maximum Gasteiger partial charge on any atom is 0.265 e. The Morgan fingerprint density at radius 2 is 1.93 bits per heavy atom. The van der Waals surface area contributed by atoms with E-state index in [-0.39, 0.29) is 5.56 Å². The highest BCUT2D eigenvalue weighted by Crippen LogP contribution is 2.25. The lowest BCUT2D eigenvalue weighted by Gasteiger charge is -2.09. The van der Waals surface area contributed by atoms with Crippen LogP contribution in [-0.2, 0) is 4.79 Å². The number of carbonyl (C=O) groups excluding carboxylic acids is 1. The molecule has 0 N–H and O–H groups in total. The minimum absolute atomic E-state index is 0.258. The molecule has 0 aliphatic carbocycles. The summed E-state index contributed by atoms with van der Waals surface area (Å²) < 4.78 is 29.8. The number of methoxy groups -OCH3 is 1. The van der Waals surface area contributed by atoms with Crippen LogP contribution >= 0.6 is 0 Å². The van der Waals surface area contributed by atoms with Crippen LogP contribution in [0.5, 0.6) is 5.75 Å². The predicted octanol–water partition coefficient (Wildman–Crippen LogP) is 2.34. The summed E-state index contributed by atoms with van der Waals surface area (Å²) in [6.07, 6.45) is -1.58. The van der Waals surface area contributed by atoms with Crippen LogP contribution in [0, 0.1) is 0 Å². The minimum atomic E-state index is -2.72. The second-order valence-corrected chi connectivity index (χ2v) is 2.77. The minimum Gasteiger partial charge on any atom is -0.497 e. The molecule has 15 heavy (non-hydrogen) atoms. The van der Waals surface area contributed by atoms with Gasteiger partial charge in [-0.25, -0.2) is 13.6 Å². The van der Waals surface area contributed by atoms with Gasteiger partial charge in [0.1, 0.15) is 11.8 Å². The van der Waals surface area contributed by atoms with Crippen molar-refractivity contribution in [2.75, 3.05) is 7.11 Å². The molecule has 1 atom stereocenters. The molecule has 3 nitrogen and oxygen atoms in total. The number of alkyl halides is 2. The molecule has 0 amide bonds. The summed E-state index contributed by atoms with van der Waals surface area (Å²) in [5, 5.41) is 0. The van der Waals surface area contributed by atoms with Gasteiger partial charge in [-0.05, 0) is 17.7 Å². The molecule has 0 fully saturated rings. The summed E-state index contributed by atoms with van der Waals surface area (Å²) in [4.78, 5) is 13.0. The van der Waals surface area contributed by atoms with Crippen LogP contribution in [0.3, 0.4) is 0 Å². The first-order valence-electron chi connectivity index (χ1n) is 4.18. The topological polar surface area (TPSA) is 38.7 Å². The summed E-state index contributed by atoms with van der Waals surface area (Å²) in [5.41, 5.74) is 0.258. The van der Waals surface area contributed by atoms with E-state index in [4.69, 9.17) is 4.74 Å². The van der Waals surface area contributed by atoms with Gasteiger partial charge in [-0.3, -0.25) is 0 Å². The lowest BCUT2D eigenvalue weighted by molar-refractivity contribution is 0.117. The van der Waals surface area contributed by atoms with Crippen LogP contribution < -0.4 is 4.74 Å². The van der Waals surface area contributed by atoms with Gasteiger partial charge >= 0.3 is 0 Å². The SMILES string of the molecule is COc1ccc(C(N=C=O)C(F)F)cc1. The van der Waals surface area contributed by atoms with E-state index in [0.717, 1.165) is 6.08 Å². The molecule has 80 valence electrons. The van der Waals surface area contributed by atoms with Crippen molar-refractivity contribution in [1.29, 1.82) is 0 Å². The van der Waals surface area contributed by atoms with E-state index >= 15 is 0 Å². The van der Waals surface area contributed by atoms with Crippen LogP contribution in [0.15, 0.2) is 29.3 Å².